The van der Waals surface area contributed by atoms with Crippen molar-refractivity contribution in [2.24, 2.45) is 0 Å². The molecule has 0 bridgehead atoms. The molecule has 2 aromatic carbocycles. The lowest BCUT2D eigenvalue weighted by atomic mass is 10.2. The summed E-state index contributed by atoms with van der Waals surface area (Å²) in [6.07, 6.45) is 1.32. The van der Waals surface area contributed by atoms with Crippen LogP contribution in [0.25, 0.3) is 11.2 Å². The standard InChI is InChI=1S/C22H21FN6O2/c1-2-27(12-16-7-4-3-5-8-16)19(30)14-28-15-24-21-20(22(28)31)25-26-29(21)13-17-9-6-10-18(23)11-17/h3-11,15H,2,12-14H2,1H3. The molecule has 4 aromatic rings. The predicted molar refractivity (Wildman–Crippen MR) is 113 cm³/mol. The number of hydrogen-bond donors (Lipinski definition) is 0. The van der Waals surface area contributed by atoms with Crippen LogP contribution in [0.1, 0.15) is 18.1 Å². The first-order valence-corrected chi connectivity index (χ1v) is 9.90. The average molecular weight is 420 g/mol. The molecule has 9 heteroatoms. The van der Waals surface area contributed by atoms with E-state index < -0.39 is 5.56 Å². The molecule has 2 aromatic heterocycles. The zero-order valence-corrected chi connectivity index (χ0v) is 17.0. The molecule has 0 N–H and O–H groups in total. The first kappa shape index (κ1) is 20.4. The molecule has 0 fully saturated rings. The van der Waals surface area contributed by atoms with Gasteiger partial charge in [0.2, 0.25) is 5.91 Å². The second kappa shape index (κ2) is 8.86. The third kappa shape index (κ3) is 4.50. The van der Waals surface area contributed by atoms with Gasteiger partial charge in [0.1, 0.15) is 18.7 Å². The Morgan fingerprint density at radius 2 is 1.87 bits per heavy atom. The second-order valence-corrected chi connectivity index (χ2v) is 7.12. The second-order valence-electron chi connectivity index (χ2n) is 7.12. The highest BCUT2D eigenvalue weighted by atomic mass is 19.1. The van der Waals surface area contributed by atoms with Gasteiger partial charge in [0.25, 0.3) is 5.56 Å². The van der Waals surface area contributed by atoms with Crippen LogP contribution in [0.4, 0.5) is 4.39 Å². The number of likely N-dealkylation sites (N-methyl/N-ethyl adjacent to an activating group) is 1. The number of carbonyl (C=O) groups is 1. The number of amides is 1. The summed E-state index contributed by atoms with van der Waals surface area (Å²) < 4.78 is 16.1. The van der Waals surface area contributed by atoms with E-state index in [-0.39, 0.29) is 36.0 Å². The van der Waals surface area contributed by atoms with Crippen molar-refractivity contribution in [1.82, 2.24) is 29.4 Å². The molecule has 1 amide bonds. The Labute approximate surface area is 177 Å². The lowest BCUT2D eigenvalue weighted by Gasteiger charge is -2.21. The largest absolute Gasteiger partial charge is 0.337 e. The van der Waals surface area contributed by atoms with Crippen LogP contribution >= 0.6 is 0 Å². The van der Waals surface area contributed by atoms with Crippen molar-refractivity contribution in [3.8, 4) is 0 Å². The quantitative estimate of drug-likeness (QED) is 0.458. The normalized spacial score (nSPS) is 11.0. The maximum atomic E-state index is 13.4. The molecule has 158 valence electrons. The number of halogens is 1. The summed E-state index contributed by atoms with van der Waals surface area (Å²) in [4.78, 5) is 31.6. The van der Waals surface area contributed by atoms with Gasteiger partial charge in [-0.05, 0) is 30.2 Å². The van der Waals surface area contributed by atoms with E-state index in [4.69, 9.17) is 0 Å². The first-order chi connectivity index (χ1) is 15.0. The van der Waals surface area contributed by atoms with Crippen LogP contribution < -0.4 is 5.56 Å². The Kier molecular flexibility index (Phi) is 5.83. The van der Waals surface area contributed by atoms with E-state index in [0.717, 1.165) is 5.56 Å². The first-order valence-electron chi connectivity index (χ1n) is 9.90. The number of hydrogen-bond acceptors (Lipinski definition) is 5. The fourth-order valence-electron chi connectivity index (χ4n) is 3.34. The topological polar surface area (TPSA) is 85.9 Å². The van der Waals surface area contributed by atoms with Crippen molar-refractivity contribution in [2.45, 2.75) is 26.6 Å². The van der Waals surface area contributed by atoms with Gasteiger partial charge in [-0.2, -0.15) is 0 Å². The van der Waals surface area contributed by atoms with Crippen LogP contribution in [-0.4, -0.2) is 41.9 Å². The van der Waals surface area contributed by atoms with Crippen molar-refractivity contribution in [2.75, 3.05) is 6.54 Å². The molecule has 4 rings (SSSR count). The van der Waals surface area contributed by atoms with Gasteiger partial charge in [-0.3, -0.25) is 14.2 Å². The molecule has 8 nitrogen and oxygen atoms in total. The van der Waals surface area contributed by atoms with Gasteiger partial charge in [0.15, 0.2) is 11.2 Å². The highest BCUT2D eigenvalue weighted by Gasteiger charge is 2.17. The summed E-state index contributed by atoms with van der Waals surface area (Å²) in [7, 11) is 0. The summed E-state index contributed by atoms with van der Waals surface area (Å²) in [5.74, 6) is -0.548. The number of aromatic nitrogens is 5. The predicted octanol–water partition coefficient (Wildman–Crippen LogP) is 2.22. The SMILES string of the molecule is CCN(Cc1ccccc1)C(=O)Cn1cnc2c(nnn2Cc2cccc(F)c2)c1=O. The molecule has 0 atom stereocenters. The zero-order chi connectivity index (χ0) is 21.8. The van der Waals surface area contributed by atoms with E-state index in [9.17, 15) is 14.0 Å². The highest BCUT2D eigenvalue weighted by molar-refractivity contribution is 5.76. The monoisotopic (exact) mass is 420 g/mol. The fourth-order valence-corrected chi connectivity index (χ4v) is 3.34. The molecule has 0 aliphatic carbocycles. The van der Waals surface area contributed by atoms with E-state index in [2.05, 4.69) is 15.3 Å². The smallest absolute Gasteiger partial charge is 0.283 e. The maximum absolute atomic E-state index is 13.4. The number of fused-ring (bicyclic) bond motifs is 1. The summed E-state index contributed by atoms with van der Waals surface area (Å²) in [6, 6.07) is 15.8. The summed E-state index contributed by atoms with van der Waals surface area (Å²) in [5, 5.41) is 7.92. The molecule has 0 unspecified atom stereocenters. The minimum absolute atomic E-state index is 0.0674. The Morgan fingerprint density at radius 1 is 1.10 bits per heavy atom. The van der Waals surface area contributed by atoms with Crippen molar-refractivity contribution in [3.63, 3.8) is 0 Å². The van der Waals surface area contributed by atoms with Gasteiger partial charge >= 0.3 is 0 Å². The van der Waals surface area contributed by atoms with Crippen molar-refractivity contribution < 1.29 is 9.18 Å². The molecule has 0 aliphatic heterocycles. The van der Waals surface area contributed by atoms with Gasteiger partial charge in [0, 0.05) is 13.1 Å². The molecular weight excluding hydrogens is 399 g/mol. The van der Waals surface area contributed by atoms with Gasteiger partial charge < -0.3 is 4.90 Å². The van der Waals surface area contributed by atoms with Crippen molar-refractivity contribution in [3.05, 3.63) is 88.2 Å². The zero-order valence-electron chi connectivity index (χ0n) is 17.0. The van der Waals surface area contributed by atoms with E-state index in [1.807, 2.05) is 37.3 Å². The molecule has 0 spiro atoms. The fraction of sp³-hybridized carbons (Fsp3) is 0.227. The average Bonchev–Trinajstić information content (AvgIpc) is 3.18. The van der Waals surface area contributed by atoms with Crippen LogP contribution in [-0.2, 0) is 24.4 Å². The van der Waals surface area contributed by atoms with Crippen molar-refractivity contribution >= 4 is 17.1 Å². The third-order valence-electron chi connectivity index (χ3n) is 4.97. The minimum atomic E-state index is -0.445. The Bertz CT molecular complexity index is 1270. The lowest BCUT2D eigenvalue weighted by Crippen LogP contribution is -2.36. The van der Waals surface area contributed by atoms with Crippen molar-refractivity contribution in [1.29, 1.82) is 0 Å². The molecule has 0 saturated carbocycles. The van der Waals surface area contributed by atoms with E-state index in [0.29, 0.717) is 18.7 Å². The lowest BCUT2D eigenvalue weighted by molar-refractivity contribution is -0.132. The summed E-state index contributed by atoms with van der Waals surface area (Å²) in [5.41, 5.74) is 1.60. The molecule has 0 saturated heterocycles. The third-order valence-corrected chi connectivity index (χ3v) is 4.97. The number of benzene rings is 2. The number of carbonyl (C=O) groups excluding carboxylic acids is 1. The van der Waals surface area contributed by atoms with Gasteiger partial charge in [-0.1, -0.05) is 47.7 Å². The number of nitrogens with zero attached hydrogens (tertiary/aromatic N) is 6. The Balaban J connectivity index is 1.54. The molecule has 31 heavy (non-hydrogen) atoms. The van der Waals surface area contributed by atoms with Gasteiger partial charge in [-0.15, -0.1) is 5.10 Å². The molecular formula is C22H21FN6O2. The molecule has 0 aliphatic rings. The van der Waals surface area contributed by atoms with Gasteiger partial charge in [-0.25, -0.2) is 14.1 Å². The maximum Gasteiger partial charge on any atom is 0.283 e. The number of rotatable bonds is 7. The van der Waals surface area contributed by atoms with Crippen LogP contribution in [0.15, 0.2) is 65.7 Å². The van der Waals surface area contributed by atoms with Crippen LogP contribution in [0.2, 0.25) is 0 Å². The van der Waals surface area contributed by atoms with Crippen LogP contribution in [0, 0.1) is 5.82 Å². The van der Waals surface area contributed by atoms with Crippen LogP contribution in [0.5, 0.6) is 0 Å². The van der Waals surface area contributed by atoms with Gasteiger partial charge in [0.05, 0.1) is 6.54 Å². The highest BCUT2D eigenvalue weighted by Crippen LogP contribution is 2.10. The Hall–Kier alpha value is -3.88. The molecule has 0 radical (unpaired) electrons. The van der Waals surface area contributed by atoms with Crippen LogP contribution in [0.3, 0.4) is 0 Å². The Morgan fingerprint density at radius 3 is 2.61 bits per heavy atom. The minimum Gasteiger partial charge on any atom is -0.337 e. The summed E-state index contributed by atoms with van der Waals surface area (Å²) in [6.45, 7) is 2.96. The van der Waals surface area contributed by atoms with E-state index in [1.165, 1.54) is 27.7 Å². The van der Waals surface area contributed by atoms with E-state index in [1.54, 1.807) is 17.0 Å². The van der Waals surface area contributed by atoms with E-state index >= 15 is 0 Å². The summed E-state index contributed by atoms with van der Waals surface area (Å²) >= 11 is 0. The molecule has 2 heterocycles.